The molecule has 0 spiro atoms. The monoisotopic (exact) mass is 454 g/mol. The highest BCUT2D eigenvalue weighted by atomic mass is 16.5. The maximum atomic E-state index is 12.5. The number of amides is 2. The molecule has 1 aliphatic rings. The molecule has 2 aromatic carbocycles. The third kappa shape index (κ3) is 5.70. The summed E-state index contributed by atoms with van der Waals surface area (Å²) in [5.41, 5.74) is 4.47. The van der Waals surface area contributed by atoms with E-state index in [2.05, 4.69) is 22.8 Å². The Kier molecular flexibility index (Phi) is 8.06. The summed E-state index contributed by atoms with van der Waals surface area (Å²) in [6.45, 7) is 3.34. The number of fused-ring (bicyclic) bond motifs is 3. The van der Waals surface area contributed by atoms with E-state index in [1.807, 2.05) is 43.3 Å². The molecule has 3 rings (SSSR count). The van der Waals surface area contributed by atoms with Crippen LogP contribution in [0, 0.1) is 5.92 Å². The summed E-state index contributed by atoms with van der Waals surface area (Å²) >= 11 is 0. The molecule has 0 radical (unpaired) electrons. The smallest absolute Gasteiger partial charge is 0.407 e. The van der Waals surface area contributed by atoms with Gasteiger partial charge in [0, 0.05) is 12.5 Å². The standard InChI is InChI=1S/C25H30N2O6/c1-3-8-16(23(29)27-22(15(2)28)24(30)31)13-26-25(32)33-14-21-19-11-6-4-9-17(19)18-10-5-7-12-20(18)21/h4-7,9-12,15-16,21-22,28H,3,8,13-14H2,1-2H3,(H,26,32)(H,27,29)(H,30,31). The molecule has 0 aromatic heterocycles. The van der Waals surface area contributed by atoms with E-state index in [1.165, 1.54) is 6.92 Å². The number of alkyl carbamates (subject to hydrolysis) is 1. The Morgan fingerprint density at radius 3 is 2.12 bits per heavy atom. The van der Waals surface area contributed by atoms with Crippen molar-refractivity contribution < 1.29 is 29.3 Å². The molecule has 3 unspecified atom stereocenters. The quantitative estimate of drug-likeness (QED) is 0.438. The number of rotatable bonds is 10. The van der Waals surface area contributed by atoms with Gasteiger partial charge in [-0.25, -0.2) is 9.59 Å². The van der Waals surface area contributed by atoms with Crippen LogP contribution >= 0.6 is 0 Å². The number of hydrogen-bond donors (Lipinski definition) is 4. The lowest BCUT2D eigenvalue weighted by atomic mass is 9.98. The summed E-state index contributed by atoms with van der Waals surface area (Å²) in [5.74, 6) is -2.57. The lowest BCUT2D eigenvalue weighted by Gasteiger charge is -2.22. The van der Waals surface area contributed by atoms with Crippen LogP contribution in [0.5, 0.6) is 0 Å². The van der Waals surface area contributed by atoms with Gasteiger partial charge in [-0.05, 0) is 35.6 Å². The first-order valence-corrected chi connectivity index (χ1v) is 11.1. The van der Waals surface area contributed by atoms with Crippen molar-refractivity contribution in [3.63, 3.8) is 0 Å². The van der Waals surface area contributed by atoms with Gasteiger partial charge in [-0.15, -0.1) is 0 Å². The fraction of sp³-hybridized carbons (Fsp3) is 0.400. The summed E-state index contributed by atoms with van der Waals surface area (Å²) in [5, 5.41) is 23.7. The Bertz CT molecular complexity index is 960. The van der Waals surface area contributed by atoms with Crippen LogP contribution < -0.4 is 10.6 Å². The fourth-order valence-corrected chi connectivity index (χ4v) is 4.19. The molecule has 0 bridgehead atoms. The second kappa shape index (κ2) is 11.0. The zero-order valence-electron chi connectivity index (χ0n) is 18.8. The molecular weight excluding hydrogens is 424 g/mol. The zero-order valence-corrected chi connectivity index (χ0v) is 18.8. The zero-order chi connectivity index (χ0) is 24.0. The summed E-state index contributed by atoms with van der Waals surface area (Å²) in [6, 6.07) is 14.7. The number of carbonyl (C=O) groups excluding carboxylic acids is 2. The number of nitrogens with one attached hydrogen (secondary N) is 2. The molecule has 0 fully saturated rings. The van der Waals surface area contributed by atoms with Crippen LogP contribution in [0.1, 0.15) is 43.7 Å². The van der Waals surface area contributed by atoms with Gasteiger partial charge in [-0.3, -0.25) is 4.79 Å². The molecule has 8 heteroatoms. The minimum Gasteiger partial charge on any atom is -0.480 e. The first kappa shape index (κ1) is 24.3. The number of carbonyl (C=O) groups is 3. The van der Waals surface area contributed by atoms with Crippen molar-refractivity contribution in [1.29, 1.82) is 0 Å². The van der Waals surface area contributed by atoms with Crippen LogP contribution in [0.15, 0.2) is 48.5 Å². The number of aliphatic carboxylic acids is 1. The van der Waals surface area contributed by atoms with Crippen LogP contribution in [0.2, 0.25) is 0 Å². The van der Waals surface area contributed by atoms with Gasteiger partial charge in [0.25, 0.3) is 0 Å². The number of carboxylic acid groups (broad SMARTS) is 1. The second-order valence-corrected chi connectivity index (χ2v) is 8.26. The minimum absolute atomic E-state index is 0.00248. The van der Waals surface area contributed by atoms with E-state index in [0.717, 1.165) is 22.3 Å². The van der Waals surface area contributed by atoms with Crippen LogP contribution in [-0.4, -0.2) is 53.5 Å². The summed E-state index contributed by atoms with van der Waals surface area (Å²) in [6.07, 6.45) is -0.779. The predicted octanol–water partition coefficient (Wildman–Crippen LogP) is 2.89. The number of carboxylic acids is 1. The highest BCUT2D eigenvalue weighted by molar-refractivity contribution is 5.86. The van der Waals surface area contributed by atoms with Gasteiger partial charge in [0.15, 0.2) is 6.04 Å². The van der Waals surface area contributed by atoms with Crippen molar-refractivity contribution >= 4 is 18.0 Å². The molecule has 0 saturated heterocycles. The predicted molar refractivity (Wildman–Crippen MR) is 123 cm³/mol. The van der Waals surface area contributed by atoms with Crippen molar-refractivity contribution in [2.75, 3.05) is 13.2 Å². The van der Waals surface area contributed by atoms with Gasteiger partial charge in [0.1, 0.15) is 6.61 Å². The average molecular weight is 455 g/mol. The third-order valence-corrected chi connectivity index (χ3v) is 5.89. The highest BCUT2D eigenvalue weighted by Gasteiger charge is 2.30. The Hall–Kier alpha value is -3.39. The largest absolute Gasteiger partial charge is 0.480 e. The highest BCUT2D eigenvalue weighted by Crippen LogP contribution is 2.44. The Balaban J connectivity index is 1.58. The maximum absolute atomic E-state index is 12.5. The summed E-state index contributed by atoms with van der Waals surface area (Å²) < 4.78 is 5.49. The van der Waals surface area contributed by atoms with Gasteiger partial charge < -0.3 is 25.6 Å². The van der Waals surface area contributed by atoms with Crippen molar-refractivity contribution in [1.82, 2.24) is 10.6 Å². The lowest BCUT2D eigenvalue weighted by Crippen LogP contribution is -2.51. The Morgan fingerprint density at radius 2 is 1.61 bits per heavy atom. The lowest BCUT2D eigenvalue weighted by molar-refractivity contribution is -0.145. The van der Waals surface area contributed by atoms with Crippen LogP contribution in [-0.2, 0) is 14.3 Å². The number of benzene rings is 2. The van der Waals surface area contributed by atoms with E-state index < -0.39 is 36.0 Å². The SMILES string of the molecule is CCCC(CNC(=O)OCC1c2ccccc2-c2ccccc21)C(=O)NC(C(=O)O)C(C)O. The van der Waals surface area contributed by atoms with E-state index in [0.29, 0.717) is 12.8 Å². The molecule has 2 aromatic rings. The van der Waals surface area contributed by atoms with Crippen molar-refractivity contribution in [2.24, 2.45) is 5.92 Å². The molecule has 3 atom stereocenters. The van der Waals surface area contributed by atoms with E-state index in [1.54, 1.807) is 0 Å². The van der Waals surface area contributed by atoms with Crippen LogP contribution in [0.3, 0.4) is 0 Å². The average Bonchev–Trinajstić information content (AvgIpc) is 3.12. The van der Waals surface area contributed by atoms with E-state index >= 15 is 0 Å². The molecule has 2 amide bonds. The first-order chi connectivity index (χ1) is 15.8. The summed E-state index contributed by atoms with van der Waals surface area (Å²) in [7, 11) is 0. The van der Waals surface area contributed by atoms with Crippen molar-refractivity contribution in [3.05, 3.63) is 59.7 Å². The van der Waals surface area contributed by atoms with E-state index in [9.17, 15) is 24.6 Å². The normalized spacial score (nSPS) is 15.0. The molecule has 0 saturated carbocycles. The van der Waals surface area contributed by atoms with Gasteiger partial charge in [-0.1, -0.05) is 61.9 Å². The molecule has 0 aliphatic heterocycles. The molecule has 0 heterocycles. The van der Waals surface area contributed by atoms with Gasteiger partial charge in [-0.2, -0.15) is 0 Å². The number of ether oxygens (including phenoxy) is 1. The molecular formula is C25H30N2O6. The van der Waals surface area contributed by atoms with E-state index in [4.69, 9.17) is 4.74 Å². The molecule has 33 heavy (non-hydrogen) atoms. The topological polar surface area (TPSA) is 125 Å². The van der Waals surface area contributed by atoms with Crippen LogP contribution in [0.4, 0.5) is 4.79 Å². The third-order valence-electron chi connectivity index (χ3n) is 5.89. The molecule has 8 nitrogen and oxygen atoms in total. The van der Waals surface area contributed by atoms with Crippen molar-refractivity contribution in [3.8, 4) is 11.1 Å². The number of aliphatic hydroxyl groups excluding tert-OH is 1. The number of hydrogen-bond acceptors (Lipinski definition) is 5. The first-order valence-electron chi connectivity index (χ1n) is 11.1. The molecule has 4 N–H and O–H groups in total. The van der Waals surface area contributed by atoms with E-state index in [-0.39, 0.29) is 19.1 Å². The Labute approximate surface area is 193 Å². The molecule has 1 aliphatic carbocycles. The summed E-state index contributed by atoms with van der Waals surface area (Å²) in [4.78, 5) is 36.2. The minimum atomic E-state index is -1.41. The van der Waals surface area contributed by atoms with Gasteiger partial charge in [0.2, 0.25) is 5.91 Å². The van der Waals surface area contributed by atoms with Crippen molar-refractivity contribution in [2.45, 2.75) is 44.8 Å². The van der Waals surface area contributed by atoms with Crippen LogP contribution in [0.25, 0.3) is 11.1 Å². The number of aliphatic hydroxyl groups is 1. The second-order valence-electron chi connectivity index (χ2n) is 8.26. The fourth-order valence-electron chi connectivity index (χ4n) is 4.19. The van der Waals surface area contributed by atoms with Gasteiger partial charge in [0.05, 0.1) is 12.0 Å². The molecule has 176 valence electrons. The maximum Gasteiger partial charge on any atom is 0.407 e. The van der Waals surface area contributed by atoms with Gasteiger partial charge >= 0.3 is 12.1 Å². The Morgan fingerprint density at radius 1 is 1.03 bits per heavy atom.